The van der Waals surface area contributed by atoms with Crippen LogP contribution in [0.3, 0.4) is 0 Å². The van der Waals surface area contributed by atoms with Crippen molar-refractivity contribution in [3.05, 3.63) is 76.5 Å². The van der Waals surface area contributed by atoms with Crippen molar-refractivity contribution in [3.63, 3.8) is 0 Å². The second kappa shape index (κ2) is 8.66. The highest BCUT2D eigenvalue weighted by Gasteiger charge is 2.41. The van der Waals surface area contributed by atoms with Crippen molar-refractivity contribution in [3.8, 4) is 17.6 Å². The first kappa shape index (κ1) is 20.7. The Kier molecular flexibility index (Phi) is 5.79. The standard InChI is InChI=1S/C25H25N3O3/c1-28-14-18(12-16-4-8-19(30-2)9-5-16)24-22(15-28)23(21(13-26)25(29)27-24)17-6-10-20(31-3)11-7-17/h4-12,21,23H,14-15H2,1-3H3,(H,27,29)/b18-12+. The van der Waals surface area contributed by atoms with Crippen molar-refractivity contribution in [2.45, 2.75) is 5.92 Å². The maximum absolute atomic E-state index is 12.9. The highest BCUT2D eigenvalue weighted by atomic mass is 16.5. The summed E-state index contributed by atoms with van der Waals surface area (Å²) in [6, 6.07) is 17.7. The molecular weight excluding hydrogens is 390 g/mol. The molecule has 2 aliphatic heterocycles. The van der Waals surface area contributed by atoms with Crippen LogP contribution in [0, 0.1) is 17.2 Å². The summed E-state index contributed by atoms with van der Waals surface area (Å²) in [5.74, 6) is 0.201. The quantitative estimate of drug-likeness (QED) is 0.829. The third-order valence-corrected chi connectivity index (χ3v) is 5.83. The molecule has 2 heterocycles. The molecule has 2 aliphatic rings. The molecule has 6 heteroatoms. The van der Waals surface area contributed by atoms with Gasteiger partial charge in [0, 0.05) is 24.7 Å². The molecule has 1 amide bonds. The Morgan fingerprint density at radius 3 is 2.23 bits per heavy atom. The average molecular weight is 415 g/mol. The lowest BCUT2D eigenvalue weighted by Gasteiger charge is -2.39. The number of rotatable bonds is 4. The molecule has 2 aromatic rings. The number of hydrogen-bond acceptors (Lipinski definition) is 5. The first-order valence-electron chi connectivity index (χ1n) is 10.1. The zero-order chi connectivity index (χ0) is 22.0. The first-order chi connectivity index (χ1) is 15.0. The van der Waals surface area contributed by atoms with Crippen LogP contribution in [-0.4, -0.2) is 45.2 Å². The lowest BCUT2D eigenvalue weighted by atomic mass is 9.75. The van der Waals surface area contributed by atoms with Crippen LogP contribution in [0.2, 0.25) is 0 Å². The van der Waals surface area contributed by atoms with E-state index in [0.29, 0.717) is 13.1 Å². The summed E-state index contributed by atoms with van der Waals surface area (Å²) in [5, 5.41) is 12.8. The summed E-state index contributed by atoms with van der Waals surface area (Å²) in [7, 11) is 5.31. The summed E-state index contributed by atoms with van der Waals surface area (Å²) in [4.78, 5) is 15.1. The van der Waals surface area contributed by atoms with E-state index in [2.05, 4.69) is 29.4 Å². The van der Waals surface area contributed by atoms with Crippen molar-refractivity contribution in [2.75, 3.05) is 34.4 Å². The fourth-order valence-electron chi connectivity index (χ4n) is 4.33. The van der Waals surface area contributed by atoms with Gasteiger partial charge in [-0.3, -0.25) is 9.69 Å². The molecular formula is C25H25N3O3. The third-order valence-electron chi connectivity index (χ3n) is 5.83. The van der Waals surface area contributed by atoms with Crippen LogP contribution in [0.25, 0.3) is 6.08 Å². The Morgan fingerprint density at radius 1 is 1.03 bits per heavy atom. The predicted octanol–water partition coefficient (Wildman–Crippen LogP) is 3.34. The van der Waals surface area contributed by atoms with Gasteiger partial charge in [-0.1, -0.05) is 24.3 Å². The minimum absolute atomic E-state index is 0.257. The van der Waals surface area contributed by atoms with E-state index in [1.807, 2.05) is 48.5 Å². The van der Waals surface area contributed by atoms with E-state index in [4.69, 9.17) is 9.47 Å². The third kappa shape index (κ3) is 4.05. The molecule has 0 radical (unpaired) electrons. The number of nitrogens with one attached hydrogen (secondary N) is 1. The van der Waals surface area contributed by atoms with E-state index in [1.165, 1.54) is 0 Å². The van der Waals surface area contributed by atoms with E-state index in [1.54, 1.807) is 14.2 Å². The number of ether oxygens (including phenoxy) is 2. The fraction of sp³-hybridized carbons (Fsp3) is 0.280. The Morgan fingerprint density at radius 2 is 1.65 bits per heavy atom. The monoisotopic (exact) mass is 415 g/mol. The number of amides is 1. The summed E-state index contributed by atoms with van der Waals surface area (Å²) < 4.78 is 10.5. The predicted molar refractivity (Wildman–Crippen MR) is 118 cm³/mol. The molecule has 0 fully saturated rings. The number of hydrogen-bond donors (Lipinski definition) is 1. The molecule has 0 spiro atoms. The van der Waals surface area contributed by atoms with Gasteiger partial charge in [0.05, 0.1) is 20.3 Å². The molecule has 2 unspecified atom stereocenters. The van der Waals surface area contributed by atoms with Crippen LogP contribution >= 0.6 is 0 Å². The Hall–Kier alpha value is -3.56. The van der Waals surface area contributed by atoms with Crippen LogP contribution < -0.4 is 14.8 Å². The Labute approximate surface area is 182 Å². The smallest absolute Gasteiger partial charge is 0.242 e. The SMILES string of the molecule is COc1ccc(/C=C2\CN(C)CC3=C2NC(=O)C(C#N)C3c2ccc(OC)cc2)cc1. The van der Waals surface area contributed by atoms with Crippen LogP contribution in [0.1, 0.15) is 17.0 Å². The maximum atomic E-state index is 12.9. The van der Waals surface area contributed by atoms with E-state index in [-0.39, 0.29) is 11.8 Å². The number of nitrogens with zero attached hydrogens (tertiary/aromatic N) is 2. The number of likely N-dealkylation sites (N-methyl/N-ethyl adjacent to an activating group) is 1. The van der Waals surface area contributed by atoms with Crippen molar-refractivity contribution >= 4 is 12.0 Å². The zero-order valence-electron chi connectivity index (χ0n) is 17.9. The molecule has 158 valence electrons. The lowest BCUT2D eigenvalue weighted by Crippen LogP contribution is -2.46. The topological polar surface area (TPSA) is 74.6 Å². The van der Waals surface area contributed by atoms with Crippen molar-refractivity contribution in [1.29, 1.82) is 5.26 Å². The van der Waals surface area contributed by atoms with E-state index in [9.17, 15) is 10.1 Å². The number of carbonyl (C=O) groups is 1. The van der Waals surface area contributed by atoms with Crippen LogP contribution in [-0.2, 0) is 4.79 Å². The van der Waals surface area contributed by atoms with Gasteiger partial charge in [0.1, 0.15) is 17.4 Å². The minimum atomic E-state index is -0.777. The molecule has 4 rings (SSSR count). The minimum Gasteiger partial charge on any atom is -0.497 e. The zero-order valence-corrected chi connectivity index (χ0v) is 17.9. The second-order valence-corrected chi connectivity index (χ2v) is 7.86. The average Bonchev–Trinajstić information content (AvgIpc) is 2.79. The van der Waals surface area contributed by atoms with Crippen LogP contribution in [0.5, 0.6) is 11.5 Å². The Balaban J connectivity index is 1.81. The molecule has 1 N–H and O–H groups in total. The fourth-order valence-corrected chi connectivity index (χ4v) is 4.33. The number of methoxy groups -OCH3 is 2. The number of benzene rings is 2. The van der Waals surface area contributed by atoms with E-state index in [0.717, 1.165) is 39.5 Å². The highest BCUT2D eigenvalue weighted by molar-refractivity contribution is 5.88. The largest absolute Gasteiger partial charge is 0.497 e. The molecule has 0 aromatic heterocycles. The van der Waals surface area contributed by atoms with Crippen molar-refractivity contribution in [1.82, 2.24) is 10.2 Å². The molecule has 6 nitrogen and oxygen atoms in total. The number of nitriles is 1. The normalized spacial score (nSPS) is 22.5. The van der Waals surface area contributed by atoms with Crippen molar-refractivity contribution in [2.24, 2.45) is 5.92 Å². The first-order valence-corrected chi connectivity index (χ1v) is 10.1. The van der Waals surface area contributed by atoms with Gasteiger partial charge in [-0.2, -0.15) is 5.26 Å². The molecule has 0 saturated heterocycles. The van der Waals surface area contributed by atoms with Crippen LogP contribution in [0.4, 0.5) is 0 Å². The molecule has 0 bridgehead atoms. The van der Waals surface area contributed by atoms with Gasteiger partial charge >= 0.3 is 0 Å². The van der Waals surface area contributed by atoms with Gasteiger partial charge in [0.15, 0.2) is 0 Å². The molecule has 2 atom stereocenters. The van der Waals surface area contributed by atoms with Gasteiger partial charge in [-0.15, -0.1) is 0 Å². The summed E-state index contributed by atoms with van der Waals surface area (Å²) in [5.41, 5.74) is 4.89. The van der Waals surface area contributed by atoms with Gasteiger partial charge in [-0.05, 0) is 59.7 Å². The molecule has 0 aliphatic carbocycles. The van der Waals surface area contributed by atoms with Gasteiger partial charge in [-0.25, -0.2) is 0 Å². The number of carbonyl (C=O) groups excluding carboxylic acids is 1. The van der Waals surface area contributed by atoms with Crippen LogP contribution in [0.15, 0.2) is 65.4 Å². The summed E-state index contributed by atoms with van der Waals surface area (Å²) >= 11 is 0. The molecule has 2 aromatic carbocycles. The lowest BCUT2D eigenvalue weighted by molar-refractivity contribution is -0.123. The van der Waals surface area contributed by atoms with Gasteiger partial charge < -0.3 is 14.8 Å². The van der Waals surface area contributed by atoms with E-state index < -0.39 is 5.92 Å². The van der Waals surface area contributed by atoms with Gasteiger partial charge in [0.2, 0.25) is 5.91 Å². The highest BCUT2D eigenvalue weighted by Crippen LogP contribution is 2.41. The summed E-state index contributed by atoms with van der Waals surface area (Å²) in [6.07, 6.45) is 2.09. The molecule has 0 saturated carbocycles. The van der Waals surface area contributed by atoms with Gasteiger partial charge in [0.25, 0.3) is 0 Å². The second-order valence-electron chi connectivity index (χ2n) is 7.86. The van der Waals surface area contributed by atoms with E-state index >= 15 is 0 Å². The molecule has 31 heavy (non-hydrogen) atoms. The Bertz CT molecular complexity index is 1080. The summed E-state index contributed by atoms with van der Waals surface area (Å²) in [6.45, 7) is 1.39. The van der Waals surface area contributed by atoms with Crippen molar-refractivity contribution < 1.29 is 14.3 Å². The maximum Gasteiger partial charge on any atom is 0.242 e.